The van der Waals surface area contributed by atoms with Gasteiger partial charge in [0.1, 0.15) is 11.5 Å². The number of rotatable bonds is 9. The zero-order valence-electron chi connectivity index (χ0n) is 16.0. The molecule has 0 aliphatic carbocycles. The molecule has 6 nitrogen and oxygen atoms in total. The second-order valence-corrected chi connectivity index (χ2v) is 6.40. The van der Waals surface area contributed by atoms with Crippen LogP contribution in [-0.2, 0) is 4.74 Å². The summed E-state index contributed by atoms with van der Waals surface area (Å²) in [4.78, 5) is 4.66. The smallest absolute Gasteiger partial charge is 0.191 e. The molecule has 148 valence electrons. The van der Waals surface area contributed by atoms with E-state index in [1.165, 1.54) is 0 Å². The fourth-order valence-corrected chi connectivity index (χ4v) is 2.69. The van der Waals surface area contributed by atoms with Gasteiger partial charge in [-0.05, 0) is 57.4 Å². The third kappa shape index (κ3) is 7.99. The molecule has 0 aromatic heterocycles. The first-order valence-electron chi connectivity index (χ1n) is 9.08. The van der Waals surface area contributed by atoms with Crippen molar-refractivity contribution in [2.75, 3.05) is 40.0 Å². The lowest BCUT2D eigenvalue weighted by atomic mass is 10.0. The summed E-state index contributed by atoms with van der Waals surface area (Å²) in [6, 6.07) is 7.63. The van der Waals surface area contributed by atoms with Crippen LogP contribution < -0.4 is 20.1 Å². The van der Waals surface area contributed by atoms with E-state index in [0.29, 0.717) is 13.2 Å². The van der Waals surface area contributed by atoms with E-state index in [1.54, 1.807) is 7.11 Å². The molecule has 26 heavy (non-hydrogen) atoms. The molecule has 1 aromatic carbocycles. The van der Waals surface area contributed by atoms with Crippen LogP contribution in [0.1, 0.15) is 33.1 Å². The largest absolute Gasteiger partial charge is 0.497 e. The predicted molar refractivity (Wildman–Crippen MR) is 116 cm³/mol. The lowest BCUT2D eigenvalue weighted by Gasteiger charge is -2.21. The standard InChI is InChI=1S/C19H31N3O3.HI/c1-4-20-18(22-15-19(2)11-5-14-25-19)21-12-6-13-24-17-9-7-16(23-3)8-10-17;/h7-10H,4-6,11-15H2,1-3H3,(H2,20,21,22);1H. The predicted octanol–water partition coefficient (Wildman–Crippen LogP) is 3.21. The van der Waals surface area contributed by atoms with Gasteiger partial charge in [0.25, 0.3) is 0 Å². The first-order valence-corrected chi connectivity index (χ1v) is 9.08. The van der Waals surface area contributed by atoms with Crippen LogP contribution >= 0.6 is 24.0 Å². The number of methoxy groups -OCH3 is 1. The monoisotopic (exact) mass is 477 g/mol. The Morgan fingerprint density at radius 1 is 1.23 bits per heavy atom. The Labute approximate surface area is 174 Å². The zero-order chi connectivity index (χ0) is 18.0. The number of nitrogens with one attached hydrogen (secondary N) is 2. The molecule has 1 aromatic rings. The Morgan fingerprint density at radius 2 is 1.96 bits per heavy atom. The molecular formula is C19H32IN3O3. The third-order valence-corrected chi connectivity index (χ3v) is 4.16. The van der Waals surface area contributed by atoms with Gasteiger partial charge in [0, 0.05) is 19.7 Å². The normalized spacial score (nSPS) is 19.6. The van der Waals surface area contributed by atoms with Gasteiger partial charge in [-0.2, -0.15) is 0 Å². The van der Waals surface area contributed by atoms with Crippen LogP contribution in [0, 0.1) is 0 Å². The number of hydrogen-bond donors (Lipinski definition) is 2. The maximum Gasteiger partial charge on any atom is 0.191 e. The van der Waals surface area contributed by atoms with E-state index in [-0.39, 0.29) is 29.6 Å². The molecule has 7 heteroatoms. The van der Waals surface area contributed by atoms with Gasteiger partial charge in [0.2, 0.25) is 0 Å². The fourth-order valence-electron chi connectivity index (χ4n) is 2.69. The van der Waals surface area contributed by atoms with E-state index >= 15 is 0 Å². The topological polar surface area (TPSA) is 64.1 Å². The van der Waals surface area contributed by atoms with E-state index in [1.807, 2.05) is 24.3 Å². The Bertz CT molecular complexity index is 531. The van der Waals surface area contributed by atoms with Crippen molar-refractivity contribution in [2.24, 2.45) is 4.99 Å². The highest BCUT2D eigenvalue weighted by atomic mass is 127. The average molecular weight is 477 g/mol. The van der Waals surface area contributed by atoms with Crippen LogP contribution in [0.15, 0.2) is 29.3 Å². The molecule has 2 rings (SSSR count). The minimum Gasteiger partial charge on any atom is -0.497 e. The van der Waals surface area contributed by atoms with Gasteiger partial charge in [-0.25, -0.2) is 0 Å². The van der Waals surface area contributed by atoms with Crippen LogP contribution in [0.5, 0.6) is 11.5 Å². The second kappa shape index (κ2) is 12.2. The lowest BCUT2D eigenvalue weighted by Crippen LogP contribution is -2.39. The Kier molecular flexibility index (Phi) is 10.7. The van der Waals surface area contributed by atoms with Crippen molar-refractivity contribution in [1.82, 2.24) is 10.6 Å². The number of hydrogen-bond acceptors (Lipinski definition) is 4. The van der Waals surface area contributed by atoms with E-state index in [9.17, 15) is 0 Å². The van der Waals surface area contributed by atoms with Gasteiger partial charge in [0.05, 0.1) is 25.9 Å². The molecule has 0 radical (unpaired) electrons. The van der Waals surface area contributed by atoms with Crippen molar-refractivity contribution in [3.63, 3.8) is 0 Å². The van der Waals surface area contributed by atoms with Crippen LogP contribution in [-0.4, -0.2) is 51.5 Å². The highest BCUT2D eigenvalue weighted by Gasteiger charge is 2.29. The molecule has 1 saturated heterocycles. The quantitative estimate of drug-likeness (QED) is 0.248. The average Bonchev–Trinajstić information content (AvgIpc) is 3.07. The van der Waals surface area contributed by atoms with Gasteiger partial charge in [-0.3, -0.25) is 4.99 Å². The van der Waals surface area contributed by atoms with Crippen molar-refractivity contribution < 1.29 is 14.2 Å². The summed E-state index contributed by atoms with van der Waals surface area (Å²) in [7, 11) is 1.66. The van der Waals surface area contributed by atoms with Crippen LogP contribution in [0.4, 0.5) is 0 Å². The summed E-state index contributed by atoms with van der Waals surface area (Å²) < 4.78 is 16.6. The van der Waals surface area contributed by atoms with Crippen LogP contribution in [0.3, 0.4) is 0 Å². The van der Waals surface area contributed by atoms with Gasteiger partial charge in [-0.15, -0.1) is 24.0 Å². The van der Waals surface area contributed by atoms with Crippen molar-refractivity contribution in [3.8, 4) is 11.5 Å². The van der Waals surface area contributed by atoms with Crippen molar-refractivity contribution in [3.05, 3.63) is 24.3 Å². The van der Waals surface area contributed by atoms with Gasteiger partial charge < -0.3 is 24.8 Å². The fraction of sp³-hybridized carbons (Fsp3) is 0.632. The molecule has 1 aliphatic rings. The summed E-state index contributed by atoms with van der Waals surface area (Å²) in [6.45, 7) is 8.03. The Morgan fingerprint density at radius 3 is 2.58 bits per heavy atom. The number of nitrogens with zero attached hydrogens (tertiary/aromatic N) is 1. The minimum absolute atomic E-state index is 0. The first kappa shape index (κ1) is 22.8. The zero-order valence-corrected chi connectivity index (χ0v) is 18.4. The summed E-state index contributed by atoms with van der Waals surface area (Å²) >= 11 is 0. The molecule has 1 unspecified atom stereocenters. The number of halogens is 1. The van der Waals surface area contributed by atoms with Crippen molar-refractivity contribution in [2.45, 2.75) is 38.7 Å². The van der Waals surface area contributed by atoms with Crippen molar-refractivity contribution in [1.29, 1.82) is 0 Å². The molecular weight excluding hydrogens is 445 g/mol. The van der Waals surface area contributed by atoms with Gasteiger partial charge >= 0.3 is 0 Å². The summed E-state index contributed by atoms with van der Waals surface area (Å²) in [5.41, 5.74) is -0.111. The van der Waals surface area contributed by atoms with E-state index in [2.05, 4.69) is 29.5 Å². The van der Waals surface area contributed by atoms with Crippen LogP contribution in [0.25, 0.3) is 0 Å². The number of aliphatic imine (C=N–C) groups is 1. The molecule has 0 spiro atoms. The highest BCUT2D eigenvalue weighted by Crippen LogP contribution is 2.25. The highest BCUT2D eigenvalue weighted by molar-refractivity contribution is 14.0. The molecule has 2 N–H and O–H groups in total. The third-order valence-electron chi connectivity index (χ3n) is 4.16. The van der Waals surface area contributed by atoms with Crippen molar-refractivity contribution >= 4 is 29.9 Å². The van der Waals surface area contributed by atoms with Gasteiger partial charge in [0.15, 0.2) is 5.96 Å². The molecule has 0 amide bonds. The molecule has 1 aliphatic heterocycles. The minimum atomic E-state index is -0.111. The molecule has 1 fully saturated rings. The van der Waals surface area contributed by atoms with E-state index in [0.717, 1.165) is 56.4 Å². The van der Waals surface area contributed by atoms with Gasteiger partial charge in [-0.1, -0.05) is 0 Å². The SMILES string of the molecule is CCNC(=NCC1(C)CCCO1)NCCCOc1ccc(OC)cc1.I. The van der Waals surface area contributed by atoms with Crippen LogP contribution in [0.2, 0.25) is 0 Å². The van der Waals surface area contributed by atoms with E-state index in [4.69, 9.17) is 14.2 Å². The second-order valence-electron chi connectivity index (χ2n) is 6.40. The molecule has 0 bridgehead atoms. The summed E-state index contributed by atoms with van der Waals surface area (Å²) in [6.07, 6.45) is 3.09. The van der Waals surface area contributed by atoms with E-state index < -0.39 is 0 Å². The summed E-state index contributed by atoms with van der Waals surface area (Å²) in [5.74, 6) is 2.52. The molecule has 1 heterocycles. The Hall–Kier alpha value is -1.22. The molecule has 1 atom stereocenters. The maximum atomic E-state index is 5.79. The molecule has 0 saturated carbocycles. The number of ether oxygens (including phenoxy) is 3. The lowest BCUT2D eigenvalue weighted by molar-refractivity contribution is 0.0283. The number of guanidine groups is 1. The number of benzene rings is 1. The maximum absolute atomic E-state index is 5.79. The Balaban J connectivity index is 0.00000338. The first-order chi connectivity index (χ1) is 12.1. The summed E-state index contributed by atoms with van der Waals surface area (Å²) in [5, 5.41) is 6.62.